The summed E-state index contributed by atoms with van der Waals surface area (Å²) in [6, 6.07) is 44.7. The summed E-state index contributed by atoms with van der Waals surface area (Å²) in [6.45, 7) is 1.84. The van der Waals surface area contributed by atoms with E-state index in [2.05, 4.69) is 0 Å². The van der Waals surface area contributed by atoms with Crippen molar-refractivity contribution in [2.24, 2.45) is 11.8 Å². The Morgan fingerprint density at radius 3 is 1.42 bits per heavy atom. The normalized spacial score (nSPS) is 24.3. The number of para-hydroxylation sites is 1. The first-order valence-corrected chi connectivity index (χ1v) is 16.1. The van der Waals surface area contributed by atoms with Crippen LogP contribution >= 0.6 is 0 Å². The summed E-state index contributed by atoms with van der Waals surface area (Å²) in [7, 11) is 0. The molecule has 6 nitrogen and oxygen atoms in total. The number of hydrogen-bond acceptors (Lipinski definition) is 5. The molecular weight excluding hydrogens is 598 g/mol. The molecule has 1 aliphatic heterocycles. The highest BCUT2D eigenvalue weighted by Crippen LogP contribution is 2.74. The van der Waals surface area contributed by atoms with Crippen molar-refractivity contribution in [2.75, 3.05) is 11.5 Å². The number of esters is 1. The van der Waals surface area contributed by atoms with Gasteiger partial charge < -0.3 is 4.74 Å². The van der Waals surface area contributed by atoms with E-state index >= 15 is 14.4 Å². The Bertz CT molecular complexity index is 2010. The zero-order chi connectivity index (χ0) is 33.0. The number of hydrogen-bond donors (Lipinski definition) is 0. The number of ketones is 1. The summed E-state index contributed by atoms with van der Waals surface area (Å²) in [6.07, 6.45) is 0. The van der Waals surface area contributed by atoms with E-state index in [0.717, 1.165) is 27.2 Å². The molecule has 1 saturated heterocycles. The number of ether oxygens (including phenoxy) is 1. The molecule has 1 heterocycles. The number of allylic oxidation sites excluding steroid dienone is 2. The summed E-state index contributed by atoms with van der Waals surface area (Å²) < 4.78 is 5.34. The summed E-state index contributed by atoms with van der Waals surface area (Å²) in [5.74, 6) is -4.03. The van der Waals surface area contributed by atoms with Crippen LogP contribution in [0.3, 0.4) is 0 Å². The fourth-order valence-electron chi connectivity index (χ4n) is 8.62. The molecule has 0 spiro atoms. The van der Waals surface area contributed by atoms with E-state index in [1.807, 2.05) is 121 Å². The van der Waals surface area contributed by atoms with E-state index in [4.69, 9.17) is 4.74 Å². The third kappa shape index (κ3) is 3.74. The molecule has 8 rings (SSSR count). The average Bonchev–Trinajstić information content (AvgIpc) is 3.65. The van der Waals surface area contributed by atoms with Gasteiger partial charge in [0.2, 0.25) is 11.8 Å². The van der Waals surface area contributed by atoms with Gasteiger partial charge in [-0.05, 0) is 52.5 Å². The van der Waals surface area contributed by atoms with Crippen molar-refractivity contribution in [2.45, 2.75) is 17.8 Å². The molecule has 3 aliphatic rings. The molecule has 0 unspecified atom stereocenters. The van der Waals surface area contributed by atoms with E-state index < -0.39 is 40.4 Å². The first-order chi connectivity index (χ1) is 23.5. The van der Waals surface area contributed by atoms with Crippen LogP contribution < -0.4 is 4.90 Å². The second-order valence-electron chi connectivity index (χ2n) is 12.4. The standard InChI is InChI=1S/C42H31NO5/c1-2-48-39(46)31-25-15-16-26-32(31)43-37(44)35-36(38(43)45)42(30-23-13-6-14-24-30)34(28-19-9-4-10-20-28)33(27-17-7-3-8-18-27)41(35,40(42)47)29-21-11-5-12-22-29/h3-26,35-36H,2H2,1H3/t35-,36-,41+,42+/m1/s1. The maximum Gasteiger partial charge on any atom is 0.340 e. The Hall–Kier alpha value is -5.88. The number of benzene rings is 5. The van der Waals surface area contributed by atoms with Gasteiger partial charge in [0.25, 0.3) is 0 Å². The van der Waals surface area contributed by atoms with E-state index in [-0.39, 0.29) is 23.6 Å². The Balaban J connectivity index is 1.52. The van der Waals surface area contributed by atoms with Gasteiger partial charge >= 0.3 is 5.97 Å². The van der Waals surface area contributed by atoms with Crippen LogP contribution in [-0.4, -0.2) is 30.2 Å². The largest absolute Gasteiger partial charge is 0.462 e. The number of carbonyl (C=O) groups excluding carboxylic acids is 4. The molecule has 5 aromatic rings. The second kappa shape index (κ2) is 11.1. The highest BCUT2D eigenvalue weighted by Gasteiger charge is 2.82. The molecule has 2 amide bonds. The molecule has 0 N–H and O–H groups in total. The van der Waals surface area contributed by atoms with Crippen LogP contribution in [0.4, 0.5) is 5.69 Å². The van der Waals surface area contributed by atoms with Gasteiger partial charge in [-0.15, -0.1) is 0 Å². The minimum atomic E-state index is -1.52. The van der Waals surface area contributed by atoms with Crippen LogP contribution in [0, 0.1) is 11.8 Å². The second-order valence-corrected chi connectivity index (χ2v) is 12.4. The zero-order valence-corrected chi connectivity index (χ0v) is 26.2. The monoisotopic (exact) mass is 629 g/mol. The molecule has 2 aliphatic carbocycles. The van der Waals surface area contributed by atoms with Crippen molar-refractivity contribution in [3.8, 4) is 0 Å². The summed E-state index contributed by atoms with van der Waals surface area (Å²) in [4.78, 5) is 60.7. The van der Waals surface area contributed by atoms with E-state index in [1.165, 1.54) is 0 Å². The van der Waals surface area contributed by atoms with Crippen LogP contribution in [0.25, 0.3) is 11.1 Å². The number of rotatable bonds is 7. The highest BCUT2D eigenvalue weighted by atomic mass is 16.5. The number of anilines is 1. The minimum Gasteiger partial charge on any atom is -0.462 e. The fourth-order valence-corrected chi connectivity index (χ4v) is 8.62. The lowest BCUT2D eigenvalue weighted by Gasteiger charge is -2.39. The predicted octanol–water partition coefficient (Wildman–Crippen LogP) is 7.05. The maximum absolute atomic E-state index is 15.9. The van der Waals surface area contributed by atoms with E-state index in [0.29, 0.717) is 11.1 Å². The lowest BCUT2D eigenvalue weighted by atomic mass is 9.59. The zero-order valence-electron chi connectivity index (χ0n) is 26.2. The number of Topliss-reactive ketones (excluding diaryl/α,β-unsaturated/α-hetero) is 1. The van der Waals surface area contributed by atoms with Gasteiger partial charge in [0, 0.05) is 0 Å². The smallest absolute Gasteiger partial charge is 0.340 e. The van der Waals surface area contributed by atoms with Gasteiger partial charge in [-0.2, -0.15) is 0 Å². The third-order valence-electron chi connectivity index (χ3n) is 10.2. The maximum atomic E-state index is 15.9. The highest BCUT2D eigenvalue weighted by molar-refractivity contribution is 6.39. The molecule has 0 aromatic heterocycles. The lowest BCUT2D eigenvalue weighted by molar-refractivity contribution is -0.130. The van der Waals surface area contributed by atoms with Gasteiger partial charge in [0.15, 0.2) is 5.78 Å². The first-order valence-electron chi connectivity index (χ1n) is 16.1. The molecule has 48 heavy (non-hydrogen) atoms. The number of amides is 2. The topological polar surface area (TPSA) is 80.8 Å². The fraction of sp³-hybridized carbons (Fsp3) is 0.143. The molecule has 5 aromatic carbocycles. The molecule has 2 fully saturated rings. The molecule has 4 atom stereocenters. The summed E-state index contributed by atoms with van der Waals surface area (Å²) in [5, 5.41) is 0. The van der Waals surface area contributed by atoms with Crippen molar-refractivity contribution in [1.29, 1.82) is 0 Å². The van der Waals surface area contributed by atoms with Crippen LogP contribution in [0.5, 0.6) is 0 Å². The average molecular weight is 630 g/mol. The summed E-state index contributed by atoms with van der Waals surface area (Å²) in [5.41, 5.74) is 1.57. The Labute approximate surface area is 278 Å². The Morgan fingerprint density at radius 1 is 0.583 bits per heavy atom. The van der Waals surface area contributed by atoms with Gasteiger partial charge in [-0.3, -0.25) is 14.4 Å². The first kappa shape index (κ1) is 29.5. The van der Waals surface area contributed by atoms with E-state index in [1.54, 1.807) is 31.2 Å². The molecule has 2 bridgehead atoms. The molecule has 234 valence electrons. The van der Waals surface area contributed by atoms with Crippen LogP contribution in [0.1, 0.15) is 39.5 Å². The predicted molar refractivity (Wildman–Crippen MR) is 183 cm³/mol. The third-order valence-corrected chi connectivity index (χ3v) is 10.2. The van der Waals surface area contributed by atoms with Crippen molar-refractivity contribution in [3.05, 3.63) is 173 Å². The van der Waals surface area contributed by atoms with Crippen LogP contribution in [0.15, 0.2) is 146 Å². The van der Waals surface area contributed by atoms with Gasteiger partial charge in [-0.25, -0.2) is 9.69 Å². The SMILES string of the molecule is CCOC(=O)c1ccccc1N1C(=O)[C@H]2[C@H](C1=O)[C@@]1(c3ccccc3)C(=O)[C@@]2(c2ccccc2)C(c2ccccc2)=C1c1ccccc1. The van der Waals surface area contributed by atoms with Gasteiger partial charge in [0.05, 0.1) is 40.5 Å². The molecule has 1 saturated carbocycles. The van der Waals surface area contributed by atoms with Crippen molar-refractivity contribution < 1.29 is 23.9 Å². The number of nitrogens with zero attached hydrogens (tertiary/aromatic N) is 1. The van der Waals surface area contributed by atoms with E-state index in [9.17, 15) is 4.79 Å². The van der Waals surface area contributed by atoms with Crippen LogP contribution in [-0.2, 0) is 30.0 Å². The Morgan fingerprint density at radius 2 is 0.979 bits per heavy atom. The van der Waals surface area contributed by atoms with Crippen molar-refractivity contribution in [1.82, 2.24) is 0 Å². The number of fused-ring (bicyclic) bond motifs is 5. The quantitative estimate of drug-likeness (QED) is 0.142. The molecule has 6 heteroatoms. The lowest BCUT2D eigenvalue weighted by Crippen LogP contribution is -2.46. The van der Waals surface area contributed by atoms with Crippen molar-refractivity contribution in [3.63, 3.8) is 0 Å². The van der Waals surface area contributed by atoms with Crippen LogP contribution in [0.2, 0.25) is 0 Å². The number of imide groups is 1. The number of carbonyl (C=O) groups is 4. The summed E-state index contributed by atoms with van der Waals surface area (Å²) >= 11 is 0. The van der Waals surface area contributed by atoms with Gasteiger partial charge in [-0.1, -0.05) is 133 Å². The molecule has 0 radical (unpaired) electrons. The molecular formula is C42H31NO5. The minimum absolute atomic E-state index is 0.113. The van der Waals surface area contributed by atoms with Crippen molar-refractivity contribution >= 4 is 40.4 Å². The van der Waals surface area contributed by atoms with Gasteiger partial charge in [0.1, 0.15) is 0 Å². The Kier molecular flexibility index (Phi) is 6.84.